The molecule has 1 N–H and O–H groups in total. The molecule has 0 bridgehead atoms. The molecule has 2 aliphatic rings. The fraction of sp³-hybridized carbons (Fsp3) is 0.583. The molecule has 1 saturated carbocycles. The van der Waals surface area contributed by atoms with E-state index in [1.165, 1.54) is 19.1 Å². The van der Waals surface area contributed by atoms with Gasteiger partial charge in [-0.25, -0.2) is 0 Å². The molecule has 86 valence electrons. The van der Waals surface area contributed by atoms with Crippen LogP contribution in [0, 0.1) is 0 Å². The number of amides is 1. The van der Waals surface area contributed by atoms with Crippen LogP contribution in [0.3, 0.4) is 0 Å². The predicted molar refractivity (Wildman–Crippen MR) is 59.2 cm³/mol. The zero-order valence-corrected chi connectivity index (χ0v) is 9.19. The second kappa shape index (κ2) is 3.94. The molecule has 0 spiro atoms. The molecule has 1 aromatic heterocycles. The first kappa shape index (κ1) is 9.90. The topological polar surface area (TPSA) is 45.5 Å². The lowest BCUT2D eigenvalue weighted by Crippen LogP contribution is -2.37. The molecule has 2 heterocycles. The van der Waals surface area contributed by atoms with E-state index in [9.17, 15) is 4.79 Å². The van der Waals surface area contributed by atoms with Crippen LogP contribution in [0.2, 0.25) is 0 Å². The Hall–Kier alpha value is -1.29. The number of hydrogen-bond acceptors (Lipinski definition) is 3. The average Bonchev–Trinajstić information content (AvgIpc) is 2.82. The van der Waals surface area contributed by atoms with E-state index in [0.717, 1.165) is 25.6 Å². The predicted octanol–water partition coefficient (Wildman–Crippen LogP) is 1.25. The van der Waals surface area contributed by atoms with E-state index in [-0.39, 0.29) is 11.9 Å². The van der Waals surface area contributed by atoms with Crippen LogP contribution in [-0.4, -0.2) is 36.0 Å². The van der Waals surface area contributed by atoms with Gasteiger partial charge in [-0.1, -0.05) is 0 Å². The summed E-state index contributed by atoms with van der Waals surface area (Å²) in [5, 5.41) is 3.02. The van der Waals surface area contributed by atoms with Crippen LogP contribution in [0.15, 0.2) is 22.8 Å². The largest absolute Gasteiger partial charge is 0.459 e. The molecular weight excluding hydrogens is 204 g/mol. The van der Waals surface area contributed by atoms with Crippen LogP contribution in [0.4, 0.5) is 0 Å². The highest BCUT2D eigenvalue weighted by Gasteiger charge is 2.34. The van der Waals surface area contributed by atoms with Gasteiger partial charge in [0.2, 0.25) is 0 Å². The third kappa shape index (κ3) is 1.97. The second-order valence-electron chi connectivity index (χ2n) is 4.66. The molecular formula is C12H16N2O2. The van der Waals surface area contributed by atoms with Gasteiger partial charge < -0.3 is 9.73 Å². The molecule has 3 rings (SSSR count). The van der Waals surface area contributed by atoms with Crippen LogP contribution in [0.25, 0.3) is 0 Å². The maximum Gasteiger partial charge on any atom is 0.287 e. The molecule has 1 atom stereocenters. The van der Waals surface area contributed by atoms with Crippen molar-refractivity contribution in [2.45, 2.75) is 31.3 Å². The average molecular weight is 220 g/mol. The normalized spacial score (nSPS) is 25.9. The lowest BCUT2D eigenvalue weighted by atomic mass is 10.2. The van der Waals surface area contributed by atoms with Crippen molar-refractivity contribution in [2.24, 2.45) is 0 Å². The standard InChI is InChI=1S/C12H16N2O2/c15-12(11-2-1-7-16-11)13-9-5-6-14(8-9)10-3-4-10/h1-2,7,9-10H,3-6,8H2,(H,13,15). The number of carbonyl (C=O) groups is 1. The minimum absolute atomic E-state index is 0.0901. The molecule has 0 radical (unpaired) electrons. The molecule has 1 aromatic rings. The first-order valence-electron chi connectivity index (χ1n) is 5.91. The fourth-order valence-electron chi connectivity index (χ4n) is 2.34. The van der Waals surface area contributed by atoms with Gasteiger partial charge in [0.25, 0.3) is 5.91 Å². The number of nitrogens with one attached hydrogen (secondary N) is 1. The van der Waals surface area contributed by atoms with Crippen molar-refractivity contribution in [2.75, 3.05) is 13.1 Å². The number of carbonyl (C=O) groups excluding carboxylic acids is 1. The number of nitrogens with zero attached hydrogens (tertiary/aromatic N) is 1. The van der Waals surface area contributed by atoms with Gasteiger partial charge in [0.05, 0.1) is 6.26 Å². The highest BCUT2D eigenvalue weighted by molar-refractivity contribution is 5.91. The van der Waals surface area contributed by atoms with Crippen molar-refractivity contribution in [3.63, 3.8) is 0 Å². The van der Waals surface area contributed by atoms with Crippen molar-refractivity contribution < 1.29 is 9.21 Å². The fourth-order valence-corrected chi connectivity index (χ4v) is 2.34. The zero-order valence-electron chi connectivity index (χ0n) is 9.19. The Bertz CT molecular complexity index is 370. The van der Waals surface area contributed by atoms with Gasteiger partial charge in [-0.2, -0.15) is 0 Å². The van der Waals surface area contributed by atoms with E-state index in [0.29, 0.717) is 5.76 Å². The van der Waals surface area contributed by atoms with Crippen molar-refractivity contribution in [3.8, 4) is 0 Å². The zero-order chi connectivity index (χ0) is 11.0. The van der Waals surface area contributed by atoms with Crippen LogP contribution in [-0.2, 0) is 0 Å². The van der Waals surface area contributed by atoms with Gasteiger partial charge in [-0.3, -0.25) is 9.69 Å². The van der Waals surface area contributed by atoms with E-state index < -0.39 is 0 Å². The summed E-state index contributed by atoms with van der Waals surface area (Å²) in [5.41, 5.74) is 0. The summed E-state index contributed by atoms with van der Waals surface area (Å²) in [6, 6.07) is 4.52. The van der Waals surface area contributed by atoms with Gasteiger partial charge >= 0.3 is 0 Å². The van der Waals surface area contributed by atoms with Gasteiger partial charge in [-0.05, 0) is 31.4 Å². The summed E-state index contributed by atoms with van der Waals surface area (Å²) in [5.74, 6) is 0.317. The van der Waals surface area contributed by atoms with Crippen molar-refractivity contribution in [3.05, 3.63) is 24.2 Å². The third-order valence-electron chi connectivity index (χ3n) is 3.36. The van der Waals surface area contributed by atoms with Gasteiger partial charge in [0.1, 0.15) is 0 Å². The van der Waals surface area contributed by atoms with Crippen LogP contribution in [0.5, 0.6) is 0 Å². The molecule has 0 aromatic carbocycles. The third-order valence-corrected chi connectivity index (χ3v) is 3.36. The summed E-state index contributed by atoms with van der Waals surface area (Å²) in [6.45, 7) is 2.12. The lowest BCUT2D eigenvalue weighted by Gasteiger charge is -2.15. The van der Waals surface area contributed by atoms with Crippen molar-refractivity contribution in [1.29, 1.82) is 0 Å². The molecule has 4 heteroatoms. The molecule has 1 amide bonds. The minimum Gasteiger partial charge on any atom is -0.459 e. The van der Waals surface area contributed by atoms with Gasteiger partial charge in [-0.15, -0.1) is 0 Å². The number of rotatable bonds is 3. The highest BCUT2D eigenvalue weighted by atomic mass is 16.3. The van der Waals surface area contributed by atoms with Crippen molar-refractivity contribution >= 4 is 5.91 Å². The Labute approximate surface area is 94.6 Å². The molecule has 2 fully saturated rings. The number of furan rings is 1. The van der Waals surface area contributed by atoms with Crippen LogP contribution in [0.1, 0.15) is 29.8 Å². The first-order chi connectivity index (χ1) is 7.83. The smallest absolute Gasteiger partial charge is 0.287 e. The van der Waals surface area contributed by atoms with Crippen molar-refractivity contribution in [1.82, 2.24) is 10.2 Å². The van der Waals surface area contributed by atoms with E-state index in [4.69, 9.17) is 4.42 Å². The molecule has 16 heavy (non-hydrogen) atoms. The Morgan fingerprint density at radius 1 is 1.44 bits per heavy atom. The van der Waals surface area contributed by atoms with Crippen LogP contribution >= 0.6 is 0 Å². The molecule has 1 aliphatic carbocycles. The Morgan fingerprint density at radius 3 is 3.00 bits per heavy atom. The quantitative estimate of drug-likeness (QED) is 0.833. The summed E-state index contributed by atoms with van der Waals surface area (Å²) in [6.07, 6.45) is 5.25. The van der Waals surface area contributed by atoms with E-state index in [1.807, 2.05) is 0 Å². The molecule has 1 aliphatic heterocycles. The van der Waals surface area contributed by atoms with E-state index in [2.05, 4.69) is 10.2 Å². The molecule has 4 nitrogen and oxygen atoms in total. The minimum atomic E-state index is -0.0901. The number of likely N-dealkylation sites (tertiary alicyclic amines) is 1. The Balaban J connectivity index is 1.53. The Morgan fingerprint density at radius 2 is 2.31 bits per heavy atom. The SMILES string of the molecule is O=C(NC1CCN(C2CC2)C1)c1ccco1. The van der Waals surface area contributed by atoms with E-state index in [1.54, 1.807) is 12.1 Å². The monoisotopic (exact) mass is 220 g/mol. The maximum atomic E-state index is 11.7. The highest BCUT2D eigenvalue weighted by Crippen LogP contribution is 2.29. The van der Waals surface area contributed by atoms with Crippen LogP contribution < -0.4 is 5.32 Å². The summed E-state index contributed by atoms with van der Waals surface area (Å²) in [4.78, 5) is 14.2. The summed E-state index contributed by atoms with van der Waals surface area (Å²) < 4.78 is 5.07. The molecule has 1 unspecified atom stereocenters. The van der Waals surface area contributed by atoms with Gasteiger partial charge in [0.15, 0.2) is 5.76 Å². The summed E-state index contributed by atoms with van der Waals surface area (Å²) in [7, 11) is 0. The second-order valence-corrected chi connectivity index (χ2v) is 4.66. The first-order valence-corrected chi connectivity index (χ1v) is 5.91. The lowest BCUT2D eigenvalue weighted by molar-refractivity contribution is 0.0909. The van der Waals surface area contributed by atoms with Gasteiger partial charge in [0, 0.05) is 25.2 Å². The van der Waals surface area contributed by atoms with E-state index >= 15 is 0 Å². The number of hydrogen-bond donors (Lipinski definition) is 1. The molecule has 1 saturated heterocycles. The maximum absolute atomic E-state index is 11.7. The summed E-state index contributed by atoms with van der Waals surface area (Å²) >= 11 is 0. The Kier molecular flexibility index (Phi) is 2.44.